The molecule has 1 fully saturated rings. The molecule has 4 aromatic rings. The first kappa shape index (κ1) is 22.5. The smallest absolute Gasteiger partial charge is 0.261 e. The molecular weight excluding hydrogens is 447 g/mol. The van der Waals surface area contributed by atoms with Gasteiger partial charge in [0.25, 0.3) is 11.5 Å². The van der Waals surface area contributed by atoms with E-state index in [2.05, 4.69) is 15.6 Å². The summed E-state index contributed by atoms with van der Waals surface area (Å²) in [5.41, 5.74) is 1.69. The third-order valence-corrected chi connectivity index (χ3v) is 5.86. The van der Waals surface area contributed by atoms with Crippen molar-refractivity contribution in [2.45, 2.75) is 31.7 Å². The second kappa shape index (κ2) is 9.50. The van der Waals surface area contributed by atoms with Gasteiger partial charge in [0, 0.05) is 35.8 Å². The molecule has 176 valence electrons. The zero-order chi connectivity index (χ0) is 24.4. The van der Waals surface area contributed by atoms with Crippen molar-refractivity contribution in [1.29, 1.82) is 0 Å². The molecule has 0 aliphatic heterocycles. The van der Waals surface area contributed by atoms with Gasteiger partial charge in [0.15, 0.2) is 0 Å². The molecule has 1 heterocycles. The van der Waals surface area contributed by atoms with Crippen molar-refractivity contribution in [3.8, 4) is 0 Å². The Hall–Kier alpha value is -4.33. The maximum Gasteiger partial charge on any atom is 0.261 e. The van der Waals surface area contributed by atoms with Crippen LogP contribution in [0.4, 0.5) is 15.8 Å². The number of aromatic nitrogens is 2. The van der Waals surface area contributed by atoms with Crippen LogP contribution in [0.15, 0.2) is 77.6 Å². The first-order valence-electron chi connectivity index (χ1n) is 11.4. The Bertz CT molecular complexity index is 1490. The summed E-state index contributed by atoms with van der Waals surface area (Å²) in [6, 6.07) is 19.5. The first-order chi connectivity index (χ1) is 17.0. The van der Waals surface area contributed by atoms with E-state index in [1.165, 1.54) is 18.2 Å². The number of nitrogens with zero attached hydrogens (tertiary/aromatic N) is 2. The molecule has 0 atom stereocenters. The number of anilines is 2. The lowest BCUT2D eigenvalue weighted by Crippen LogP contribution is -2.25. The average Bonchev–Trinajstić information content (AvgIpc) is 3.68. The van der Waals surface area contributed by atoms with E-state index in [9.17, 15) is 18.8 Å². The molecule has 0 bridgehead atoms. The van der Waals surface area contributed by atoms with Crippen LogP contribution in [0, 0.1) is 5.82 Å². The highest BCUT2D eigenvalue weighted by atomic mass is 19.1. The number of nitrogens with one attached hydrogen (secondary N) is 2. The molecule has 2 amide bonds. The van der Waals surface area contributed by atoms with Gasteiger partial charge in [-0.1, -0.05) is 24.3 Å². The molecule has 3 aromatic carbocycles. The standard InChI is InChI=1S/C27H23FN4O3/c28-18-6-4-8-20(16-18)30-26(34)17-5-3-7-19(15-17)29-25(33)14-13-24-31-23-10-2-1-9-22(23)27(35)32(24)21-11-12-21/h1-10,15-16,21H,11-14H2,(H,29,33)(H,30,34). The highest BCUT2D eigenvalue weighted by Gasteiger charge is 2.28. The first-order valence-corrected chi connectivity index (χ1v) is 11.4. The molecule has 1 aliphatic rings. The van der Waals surface area contributed by atoms with E-state index in [-0.39, 0.29) is 23.9 Å². The molecule has 5 rings (SSSR count). The lowest BCUT2D eigenvalue weighted by atomic mass is 10.1. The minimum absolute atomic E-state index is 0.0643. The Balaban J connectivity index is 1.27. The lowest BCUT2D eigenvalue weighted by Gasteiger charge is -2.13. The van der Waals surface area contributed by atoms with Gasteiger partial charge in [-0.3, -0.25) is 19.0 Å². The van der Waals surface area contributed by atoms with E-state index in [0.29, 0.717) is 40.1 Å². The van der Waals surface area contributed by atoms with Gasteiger partial charge in [-0.25, -0.2) is 9.37 Å². The van der Waals surface area contributed by atoms with Crippen molar-refractivity contribution in [3.05, 3.63) is 100 Å². The number of aryl methyl sites for hydroxylation is 1. The van der Waals surface area contributed by atoms with Gasteiger partial charge in [0.1, 0.15) is 11.6 Å². The van der Waals surface area contributed by atoms with E-state index in [4.69, 9.17) is 0 Å². The fraction of sp³-hybridized carbons (Fsp3) is 0.185. The van der Waals surface area contributed by atoms with Gasteiger partial charge in [-0.2, -0.15) is 0 Å². The quantitative estimate of drug-likeness (QED) is 0.410. The molecule has 8 heteroatoms. The SMILES string of the molecule is O=C(CCc1nc2ccccc2c(=O)n1C1CC1)Nc1cccc(C(=O)Nc2cccc(F)c2)c1. The molecule has 1 aromatic heterocycles. The van der Waals surface area contributed by atoms with Crippen molar-refractivity contribution < 1.29 is 14.0 Å². The Labute approximate surface area is 200 Å². The fourth-order valence-corrected chi connectivity index (χ4v) is 4.03. The van der Waals surface area contributed by atoms with Crippen molar-refractivity contribution in [3.63, 3.8) is 0 Å². The van der Waals surface area contributed by atoms with Crippen LogP contribution in [0.25, 0.3) is 10.9 Å². The number of benzene rings is 3. The van der Waals surface area contributed by atoms with Gasteiger partial charge >= 0.3 is 0 Å². The molecule has 7 nitrogen and oxygen atoms in total. The van der Waals surface area contributed by atoms with Crippen LogP contribution in [-0.4, -0.2) is 21.4 Å². The van der Waals surface area contributed by atoms with E-state index in [1.54, 1.807) is 47.0 Å². The number of hydrogen-bond donors (Lipinski definition) is 2. The molecule has 1 saturated carbocycles. The van der Waals surface area contributed by atoms with Crippen LogP contribution in [0.1, 0.15) is 41.5 Å². The largest absolute Gasteiger partial charge is 0.326 e. The van der Waals surface area contributed by atoms with Gasteiger partial charge in [-0.05, 0) is 61.4 Å². The zero-order valence-corrected chi connectivity index (χ0v) is 18.8. The van der Waals surface area contributed by atoms with Crippen molar-refractivity contribution in [1.82, 2.24) is 9.55 Å². The van der Waals surface area contributed by atoms with Crippen LogP contribution in [0.2, 0.25) is 0 Å². The predicted molar refractivity (Wildman–Crippen MR) is 132 cm³/mol. The monoisotopic (exact) mass is 470 g/mol. The summed E-state index contributed by atoms with van der Waals surface area (Å²) in [7, 11) is 0. The third-order valence-electron chi connectivity index (χ3n) is 5.86. The Kier molecular flexibility index (Phi) is 6.10. The van der Waals surface area contributed by atoms with Crippen molar-refractivity contribution >= 4 is 34.1 Å². The summed E-state index contributed by atoms with van der Waals surface area (Å²) in [5, 5.41) is 6.02. The number of rotatable bonds is 7. The number of carbonyl (C=O) groups excluding carboxylic acids is 2. The maximum atomic E-state index is 13.4. The van der Waals surface area contributed by atoms with Crippen molar-refractivity contribution in [2.75, 3.05) is 10.6 Å². The fourth-order valence-electron chi connectivity index (χ4n) is 4.03. The predicted octanol–water partition coefficient (Wildman–Crippen LogP) is 4.69. The third kappa shape index (κ3) is 5.11. The molecule has 2 N–H and O–H groups in total. The second-order valence-electron chi connectivity index (χ2n) is 8.54. The number of para-hydroxylation sites is 1. The van der Waals surface area contributed by atoms with Crippen LogP contribution in [-0.2, 0) is 11.2 Å². The lowest BCUT2D eigenvalue weighted by molar-refractivity contribution is -0.116. The number of carbonyl (C=O) groups is 2. The van der Waals surface area contributed by atoms with Crippen LogP contribution in [0.3, 0.4) is 0 Å². The Morgan fingerprint density at radius 3 is 2.46 bits per heavy atom. The number of fused-ring (bicyclic) bond motifs is 1. The number of amides is 2. The van der Waals surface area contributed by atoms with Gasteiger partial charge in [0.2, 0.25) is 5.91 Å². The molecule has 0 radical (unpaired) electrons. The summed E-state index contributed by atoms with van der Waals surface area (Å²) in [6.07, 6.45) is 2.33. The van der Waals surface area contributed by atoms with Gasteiger partial charge < -0.3 is 10.6 Å². The second-order valence-corrected chi connectivity index (χ2v) is 8.54. The summed E-state index contributed by atoms with van der Waals surface area (Å²) >= 11 is 0. The Morgan fingerprint density at radius 2 is 1.69 bits per heavy atom. The average molecular weight is 471 g/mol. The molecule has 0 spiro atoms. The maximum absolute atomic E-state index is 13.4. The molecule has 0 unspecified atom stereocenters. The highest BCUT2D eigenvalue weighted by Crippen LogP contribution is 2.35. The summed E-state index contributed by atoms with van der Waals surface area (Å²) in [4.78, 5) is 42.8. The molecule has 35 heavy (non-hydrogen) atoms. The van der Waals surface area contributed by atoms with E-state index in [1.807, 2.05) is 12.1 Å². The summed E-state index contributed by atoms with van der Waals surface area (Å²) in [5.74, 6) is -0.510. The molecular formula is C27H23FN4O3. The van der Waals surface area contributed by atoms with Gasteiger partial charge in [-0.15, -0.1) is 0 Å². The molecule has 1 aliphatic carbocycles. The van der Waals surface area contributed by atoms with Crippen molar-refractivity contribution in [2.24, 2.45) is 0 Å². The van der Waals surface area contributed by atoms with E-state index >= 15 is 0 Å². The minimum atomic E-state index is -0.447. The van der Waals surface area contributed by atoms with E-state index in [0.717, 1.165) is 12.8 Å². The van der Waals surface area contributed by atoms with Crippen LogP contribution >= 0.6 is 0 Å². The molecule has 0 saturated heterocycles. The highest BCUT2D eigenvalue weighted by molar-refractivity contribution is 6.05. The normalized spacial score (nSPS) is 12.9. The Morgan fingerprint density at radius 1 is 0.943 bits per heavy atom. The minimum Gasteiger partial charge on any atom is -0.326 e. The van der Waals surface area contributed by atoms with Crippen LogP contribution in [0.5, 0.6) is 0 Å². The number of hydrogen-bond acceptors (Lipinski definition) is 4. The summed E-state index contributed by atoms with van der Waals surface area (Å²) in [6.45, 7) is 0. The zero-order valence-electron chi connectivity index (χ0n) is 18.8. The summed E-state index contributed by atoms with van der Waals surface area (Å²) < 4.78 is 15.1. The van der Waals surface area contributed by atoms with Gasteiger partial charge in [0.05, 0.1) is 10.9 Å². The topological polar surface area (TPSA) is 93.1 Å². The van der Waals surface area contributed by atoms with E-state index < -0.39 is 11.7 Å². The number of halogens is 1. The van der Waals surface area contributed by atoms with Crippen LogP contribution < -0.4 is 16.2 Å².